The van der Waals surface area contributed by atoms with Crippen LogP contribution in [0, 0.1) is 6.92 Å². The fourth-order valence-corrected chi connectivity index (χ4v) is 2.28. The van der Waals surface area contributed by atoms with Gasteiger partial charge in [0.1, 0.15) is 11.4 Å². The second-order valence-corrected chi connectivity index (χ2v) is 4.93. The van der Waals surface area contributed by atoms with Gasteiger partial charge in [0.25, 0.3) is 0 Å². The van der Waals surface area contributed by atoms with Gasteiger partial charge >= 0.3 is 0 Å². The quantitative estimate of drug-likeness (QED) is 0.736. The van der Waals surface area contributed by atoms with Crippen molar-refractivity contribution in [1.29, 1.82) is 0 Å². The van der Waals surface area contributed by atoms with Crippen LogP contribution in [0.15, 0.2) is 47.5 Å². The van der Waals surface area contributed by atoms with Crippen LogP contribution in [0.25, 0.3) is 11.0 Å². The minimum absolute atomic E-state index is 0.769. The Morgan fingerprint density at radius 2 is 1.95 bits per heavy atom. The third-order valence-corrected chi connectivity index (χ3v) is 3.43. The molecule has 4 heteroatoms. The molecule has 3 rings (SSSR count). The molecule has 1 heterocycles. The van der Waals surface area contributed by atoms with E-state index in [0.717, 1.165) is 39.6 Å². The summed E-state index contributed by atoms with van der Waals surface area (Å²) in [7, 11) is 1.66. The van der Waals surface area contributed by atoms with Crippen molar-refractivity contribution in [3.8, 4) is 5.75 Å². The van der Waals surface area contributed by atoms with Crippen molar-refractivity contribution < 1.29 is 4.74 Å². The number of nitrogens with one attached hydrogen (secondary N) is 1. The Balaban J connectivity index is 2.07. The highest BCUT2D eigenvalue weighted by molar-refractivity contribution is 6.00. The van der Waals surface area contributed by atoms with Crippen LogP contribution in [0.2, 0.25) is 0 Å². The number of fused-ring (bicyclic) bond motifs is 1. The molecule has 4 nitrogen and oxygen atoms in total. The topological polar surface area (TPSA) is 50.3 Å². The van der Waals surface area contributed by atoms with E-state index >= 15 is 0 Å². The van der Waals surface area contributed by atoms with Gasteiger partial charge in [0, 0.05) is 0 Å². The Bertz CT molecular complexity index is 785. The summed E-state index contributed by atoms with van der Waals surface area (Å²) in [6.45, 7) is 3.97. The Hall–Kier alpha value is -2.62. The number of imidazole rings is 1. The maximum atomic E-state index is 5.38. The molecule has 21 heavy (non-hydrogen) atoms. The standard InChI is InChI=1S/C17H17N3O/c1-11-7-6-10-15(21-3)16(11)18-12(2)17-19-13-8-4-5-9-14(13)20-17/h4-10H,1-3H3,(H,19,20). The van der Waals surface area contributed by atoms with Crippen LogP contribution in [-0.4, -0.2) is 22.8 Å². The van der Waals surface area contributed by atoms with Crippen LogP contribution in [0.3, 0.4) is 0 Å². The molecule has 0 atom stereocenters. The molecule has 1 aromatic heterocycles. The lowest BCUT2D eigenvalue weighted by Gasteiger charge is -2.07. The van der Waals surface area contributed by atoms with Crippen LogP contribution in [0.1, 0.15) is 18.3 Å². The SMILES string of the molecule is COc1cccc(C)c1N=C(C)c1nc2ccccc2[nH]1. The van der Waals surface area contributed by atoms with E-state index in [1.54, 1.807) is 7.11 Å². The summed E-state index contributed by atoms with van der Waals surface area (Å²) in [5.41, 5.74) is 4.71. The van der Waals surface area contributed by atoms with E-state index in [1.165, 1.54) is 0 Å². The Morgan fingerprint density at radius 3 is 2.71 bits per heavy atom. The number of para-hydroxylation sites is 3. The van der Waals surface area contributed by atoms with Crippen molar-refractivity contribution in [2.75, 3.05) is 7.11 Å². The number of aromatic amines is 1. The fraction of sp³-hybridized carbons (Fsp3) is 0.176. The minimum atomic E-state index is 0.769. The highest BCUT2D eigenvalue weighted by Crippen LogP contribution is 2.31. The summed E-state index contributed by atoms with van der Waals surface area (Å²) >= 11 is 0. The summed E-state index contributed by atoms with van der Waals surface area (Å²) in [4.78, 5) is 12.5. The summed E-state index contributed by atoms with van der Waals surface area (Å²) < 4.78 is 5.38. The minimum Gasteiger partial charge on any atom is -0.494 e. The molecule has 0 saturated carbocycles. The number of nitrogens with zero attached hydrogens (tertiary/aromatic N) is 2. The zero-order chi connectivity index (χ0) is 14.8. The van der Waals surface area contributed by atoms with Gasteiger partial charge < -0.3 is 9.72 Å². The average Bonchev–Trinajstić information content (AvgIpc) is 2.93. The van der Waals surface area contributed by atoms with Crippen molar-refractivity contribution in [2.24, 2.45) is 4.99 Å². The van der Waals surface area contributed by atoms with E-state index in [4.69, 9.17) is 9.73 Å². The highest BCUT2D eigenvalue weighted by atomic mass is 16.5. The van der Waals surface area contributed by atoms with E-state index < -0.39 is 0 Å². The van der Waals surface area contributed by atoms with E-state index in [-0.39, 0.29) is 0 Å². The van der Waals surface area contributed by atoms with Crippen LogP contribution in [0.5, 0.6) is 5.75 Å². The second kappa shape index (κ2) is 5.40. The first-order valence-corrected chi connectivity index (χ1v) is 6.83. The lowest BCUT2D eigenvalue weighted by molar-refractivity contribution is 0.416. The Morgan fingerprint density at radius 1 is 1.14 bits per heavy atom. The monoisotopic (exact) mass is 279 g/mol. The zero-order valence-corrected chi connectivity index (χ0v) is 12.3. The second-order valence-electron chi connectivity index (χ2n) is 4.93. The third-order valence-electron chi connectivity index (χ3n) is 3.43. The number of hydrogen-bond acceptors (Lipinski definition) is 3. The van der Waals surface area contributed by atoms with Gasteiger partial charge in [-0.05, 0) is 37.6 Å². The number of aromatic nitrogens is 2. The van der Waals surface area contributed by atoms with Crippen LogP contribution >= 0.6 is 0 Å². The van der Waals surface area contributed by atoms with Gasteiger partial charge in [0.05, 0.1) is 23.9 Å². The van der Waals surface area contributed by atoms with Crippen LogP contribution in [-0.2, 0) is 0 Å². The number of benzene rings is 2. The molecule has 0 aliphatic heterocycles. The normalized spacial score (nSPS) is 11.9. The van der Waals surface area contributed by atoms with E-state index in [9.17, 15) is 0 Å². The molecular weight excluding hydrogens is 262 g/mol. The largest absolute Gasteiger partial charge is 0.494 e. The number of aryl methyl sites for hydroxylation is 1. The molecule has 0 spiro atoms. The van der Waals surface area contributed by atoms with E-state index in [0.29, 0.717) is 0 Å². The van der Waals surface area contributed by atoms with E-state index in [2.05, 4.69) is 9.97 Å². The molecule has 3 aromatic rings. The number of methoxy groups -OCH3 is 1. The molecule has 0 radical (unpaired) electrons. The molecular formula is C17H17N3O. The summed E-state index contributed by atoms with van der Waals surface area (Å²) in [5.74, 6) is 1.55. The number of H-pyrrole nitrogens is 1. The third kappa shape index (κ3) is 2.52. The predicted molar refractivity (Wildman–Crippen MR) is 85.7 cm³/mol. The zero-order valence-electron chi connectivity index (χ0n) is 12.3. The van der Waals surface area contributed by atoms with Crippen LogP contribution in [0.4, 0.5) is 5.69 Å². The van der Waals surface area contributed by atoms with Crippen LogP contribution < -0.4 is 4.74 Å². The number of aliphatic imine (C=N–C) groups is 1. The van der Waals surface area contributed by atoms with Gasteiger partial charge in [-0.25, -0.2) is 9.98 Å². The molecule has 0 aliphatic carbocycles. The first-order chi connectivity index (χ1) is 10.2. The fourth-order valence-electron chi connectivity index (χ4n) is 2.28. The molecule has 0 unspecified atom stereocenters. The van der Waals surface area contributed by atoms with E-state index in [1.807, 2.05) is 56.3 Å². The highest BCUT2D eigenvalue weighted by Gasteiger charge is 2.09. The lowest BCUT2D eigenvalue weighted by Crippen LogP contribution is -1.97. The van der Waals surface area contributed by atoms with Gasteiger partial charge in [-0.1, -0.05) is 24.3 Å². The molecule has 106 valence electrons. The average molecular weight is 279 g/mol. The smallest absolute Gasteiger partial charge is 0.152 e. The van der Waals surface area contributed by atoms with Crippen molar-refractivity contribution in [3.63, 3.8) is 0 Å². The summed E-state index contributed by atoms with van der Waals surface area (Å²) in [6, 6.07) is 13.9. The molecule has 0 amide bonds. The van der Waals surface area contributed by atoms with Crippen molar-refractivity contribution in [2.45, 2.75) is 13.8 Å². The number of rotatable bonds is 3. The molecule has 2 aromatic carbocycles. The Kier molecular flexibility index (Phi) is 3.44. The summed E-state index contributed by atoms with van der Waals surface area (Å²) in [5, 5.41) is 0. The molecule has 0 saturated heterocycles. The van der Waals surface area contributed by atoms with Crippen molar-refractivity contribution in [3.05, 3.63) is 53.9 Å². The number of ether oxygens (including phenoxy) is 1. The molecule has 1 N–H and O–H groups in total. The van der Waals surface area contributed by atoms with Gasteiger partial charge in [-0.15, -0.1) is 0 Å². The molecule has 0 bridgehead atoms. The maximum absolute atomic E-state index is 5.38. The van der Waals surface area contributed by atoms with Crippen molar-refractivity contribution in [1.82, 2.24) is 9.97 Å². The van der Waals surface area contributed by atoms with Crippen molar-refractivity contribution >= 4 is 22.4 Å². The van der Waals surface area contributed by atoms with Gasteiger partial charge in [0.15, 0.2) is 5.82 Å². The first kappa shape index (κ1) is 13.4. The lowest BCUT2D eigenvalue weighted by atomic mass is 10.2. The Labute approximate surface area is 123 Å². The summed E-state index contributed by atoms with van der Waals surface area (Å²) in [6.07, 6.45) is 0. The maximum Gasteiger partial charge on any atom is 0.152 e. The molecule has 0 aliphatic rings. The van der Waals surface area contributed by atoms with Gasteiger partial charge in [0.2, 0.25) is 0 Å². The number of hydrogen-bond donors (Lipinski definition) is 1. The van der Waals surface area contributed by atoms with Gasteiger partial charge in [-0.2, -0.15) is 0 Å². The first-order valence-electron chi connectivity index (χ1n) is 6.83. The van der Waals surface area contributed by atoms with Gasteiger partial charge in [-0.3, -0.25) is 0 Å². The predicted octanol–water partition coefficient (Wildman–Crippen LogP) is 4.02. The molecule has 0 fully saturated rings.